The number of unbranched alkanes of at least 4 members (excludes halogenated alkanes) is 12. The van der Waals surface area contributed by atoms with Gasteiger partial charge in [-0.3, -0.25) is 0 Å². The minimum absolute atomic E-state index is 0.127. The van der Waals surface area contributed by atoms with Gasteiger partial charge in [-0.05, 0) is 30.5 Å². The number of rotatable bonds is 17. The van der Waals surface area contributed by atoms with Crippen LogP contribution in [0.4, 0.5) is 0 Å². The number of phenols is 1. The maximum atomic E-state index is 10.6. The van der Waals surface area contributed by atoms with Gasteiger partial charge in [0.15, 0.2) is 6.61 Å². The van der Waals surface area contributed by atoms with Crippen LogP contribution in [0.2, 0.25) is 0 Å². The number of carbonyl (C=O) groups is 1. The molecule has 0 atom stereocenters. The maximum absolute atomic E-state index is 10.6. The zero-order chi connectivity index (χ0) is 19.7. The van der Waals surface area contributed by atoms with E-state index < -0.39 is 5.97 Å². The quantitative estimate of drug-likeness (QED) is 0.304. The van der Waals surface area contributed by atoms with Gasteiger partial charge in [0, 0.05) is 6.07 Å². The summed E-state index contributed by atoms with van der Waals surface area (Å²) >= 11 is 0. The molecule has 27 heavy (non-hydrogen) atoms. The predicted molar refractivity (Wildman–Crippen MR) is 111 cm³/mol. The molecular weight excluding hydrogens is 340 g/mol. The van der Waals surface area contributed by atoms with Gasteiger partial charge in [-0.25, -0.2) is 4.79 Å². The van der Waals surface area contributed by atoms with Crippen molar-refractivity contribution in [3.8, 4) is 11.5 Å². The highest BCUT2D eigenvalue weighted by molar-refractivity contribution is 5.68. The molecule has 154 valence electrons. The van der Waals surface area contributed by atoms with E-state index in [0.717, 1.165) is 18.4 Å². The van der Waals surface area contributed by atoms with E-state index in [9.17, 15) is 9.90 Å². The lowest BCUT2D eigenvalue weighted by molar-refractivity contribution is -0.139. The largest absolute Gasteiger partial charge is 0.508 e. The second kappa shape index (κ2) is 15.4. The average Bonchev–Trinajstić information content (AvgIpc) is 2.63. The lowest BCUT2D eigenvalue weighted by Crippen LogP contribution is -2.09. The smallest absolute Gasteiger partial charge is 0.341 e. The molecule has 0 radical (unpaired) electrons. The van der Waals surface area contributed by atoms with Crippen molar-refractivity contribution in [1.82, 2.24) is 0 Å². The molecule has 1 aromatic rings. The Hall–Kier alpha value is -1.71. The average molecular weight is 379 g/mol. The molecule has 0 spiro atoms. The Kier molecular flexibility index (Phi) is 13.3. The third kappa shape index (κ3) is 13.2. The van der Waals surface area contributed by atoms with Crippen LogP contribution in [0, 0.1) is 0 Å². The third-order valence-corrected chi connectivity index (χ3v) is 4.88. The Morgan fingerprint density at radius 3 is 1.85 bits per heavy atom. The van der Waals surface area contributed by atoms with E-state index in [1.165, 1.54) is 83.1 Å². The van der Waals surface area contributed by atoms with Gasteiger partial charge in [-0.1, -0.05) is 84.0 Å². The van der Waals surface area contributed by atoms with Crippen molar-refractivity contribution in [2.75, 3.05) is 6.61 Å². The third-order valence-electron chi connectivity index (χ3n) is 4.88. The first-order chi connectivity index (χ1) is 13.1. The summed E-state index contributed by atoms with van der Waals surface area (Å²) in [6, 6.07) is 5.01. The van der Waals surface area contributed by atoms with Gasteiger partial charge in [0.1, 0.15) is 11.5 Å². The monoisotopic (exact) mass is 378 g/mol. The molecule has 0 aliphatic rings. The number of hydrogen-bond donors (Lipinski definition) is 2. The molecular formula is C23H38O4. The normalized spacial score (nSPS) is 10.9. The Balaban J connectivity index is 2.02. The Morgan fingerprint density at radius 2 is 1.33 bits per heavy atom. The number of aromatic hydroxyl groups is 1. The Morgan fingerprint density at radius 1 is 0.815 bits per heavy atom. The van der Waals surface area contributed by atoms with Crippen LogP contribution in [0.5, 0.6) is 11.5 Å². The van der Waals surface area contributed by atoms with Gasteiger partial charge in [-0.15, -0.1) is 0 Å². The summed E-state index contributed by atoms with van der Waals surface area (Å²) < 4.78 is 5.15. The summed E-state index contributed by atoms with van der Waals surface area (Å²) in [6.45, 7) is 1.87. The predicted octanol–water partition coefficient (Wildman–Crippen LogP) is 6.49. The van der Waals surface area contributed by atoms with Crippen molar-refractivity contribution in [3.63, 3.8) is 0 Å². The van der Waals surface area contributed by atoms with Crippen LogP contribution in [0.25, 0.3) is 0 Å². The van der Waals surface area contributed by atoms with E-state index in [0.29, 0.717) is 5.75 Å². The number of hydrogen-bond acceptors (Lipinski definition) is 3. The lowest BCUT2D eigenvalue weighted by atomic mass is 10.0. The molecule has 4 heteroatoms. The second-order valence-corrected chi connectivity index (χ2v) is 7.51. The van der Waals surface area contributed by atoms with Crippen LogP contribution in [0.3, 0.4) is 0 Å². The fourth-order valence-electron chi connectivity index (χ4n) is 3.36. The van der Waals surface area contributed by atoms with Crippen LogP contribution in [-0.2, 0) is 11.2 Å². The molecule has 0 unspecified atom stereocenters. The van der Waals surface area contributed by atoms with Crippen LogP contribution >= 0.6 is 0 Å². The number of carboxylic acids is 1. The van der Waals surface area contributed by atoms with Crippen molar-refractivity contribution in [1.29, 1.82) is 0 Å². The van der Waals surface area contributed by atoms with E-state index >= 15 is 0 Å². The highest BCUT2D eigenvalue weighted by Crippen LogP contribution is 2.23. The molecule has 0 aliphatic carbocycles. The molecule has 2 N–H and O–H groups in total. The maximum Gasteiger partial charge on any atom is 0.341 e. The number of carboxylic acid groups (broad SMARTS) is 1. The van der Waals surface area contributed by atoms with E-state index in [1.807, 2.05) is 6.07 Å². The minimum atomic E-state index is -1.02. The van der Waals surface area contributed by atoms with E-state index in [-0.39, 0.29) is 12.4 Å². The second-order valence-electron chi connectivity index (χ2n) is 7.51. The van der Waals surface area contributed by atoms with Crippen molar-refractivity contribution in [2.45, 2.75) is 96.8 Å². The molecule has 0 saturated carbocycles. The number of phenolic OH excluding ortho intramolecular Hbond substituents is 1. The first kappa shape index (κ1) is 23.3. The van der Waals surface area contributed by atoms with Crippen molar-refractivity contribution < 1.29 is 19.7 Å². The molecule has 0 heterocycles. The van der Waals surface area contributed by atoms with Crippen molar-refractivity contribution in [3.05, 3.63) is 23.8 Å². The zero-order valence-corrected chi connectivity index (χ0v) is 17.0. The summed E-state index contributed by atoms with van der Waals surface area (Å²) in [7, 11) is 0. The summed E-state index contributed by atoms with van der Waals surface area (Å²) in [5.41, 5.74) is 0.999. The molecule has 0 amide bonds. The molecule has 0 bridgehead atoms. The molecule has 0 fully saturated rings. The van der Waals surface area contributed by atoms with Crippen molar-refractivity contribution >= 4 is 5.97 Å². The topological polar surface area (TPSA) is 66.8 Å². The van der Waals surface area contributed by atoms with E-state index in [2.05, 4.69) is 6.92 Å². The van der Waals surface area contributed by atoms with Gasteiger partial charge >= 0.3 is 5.97 Å². The number of ether oxygens (including phenoxy) is 1. The summed E-state index contributed by atoms with van der Waals surface area (Å²) in [5.74, 6) is -0.471. The van der Waals surface area contributed by atoms with Gasteiger partial charge in [0.05, 0.1) is 0 Å². The van der Waals surface area contributed by atoms with E-state index in [1.54, 1.807) is 6.07 Å². The lowest BCUT2D eigenvalue weighted by Gasteiger charge is -2.08. The molecule has 4 nitrogen and oxygen atoms in total. The molecule has 1 aromatic carbocycles. The summed E-state index contributed by atoms with van der Waals surface area (Å²) in [6.07, 6.45) is 18.1. The zero-order valence-electron chi connectivity index (χ0n) is 17.0. The molecule has 0 saturated heterocycles. The summed E-state index contributed by atoms with van der Waals surface area (Å²) in [5, 5.41) is 18.4. The van der Waals surface area contributed by atoms with E-state index in [4.69, 9.17) is 9.84 Å². The fourth-order valence-corrected chi connectivity index (χ4v) is 3.36. The van der Waals surface area contributed by atoms with Crippen LogP contribution in [0.1, 0.15) is 96.0 Å². The van der Waals surface area contributed by atoms with Gasteiger partial charge in [0.25, 0.3) is 0 Å². The number of aliphatic carboxylic acids is 1. The SMILES string of the molecule is CCCCCCCCCCCCCCCc1cc(O)cc(OCC(=O)O)c1. The summed E-state index contributed by atoms with van der Waals surface area (Å²) in [4.78, 5) is 10.6. The van der Waals surface area contributed by atoms with Gasteiger partial charge < -0.3 is 14.9 Å². The highest BCUT2D eigenvalue weighted by atomic mass is 16.5. The molecule has 0 aromatic heterocycles. The minimum Gasteiger partial charge on any atom is -0.508 e. The van der Waals surface area contributed by atoms with Crippen molar-refractivity contribution in [2.24, 2.45) is 0 Å². The Bertz CT molecular complexity index is 513. The first-order valence-corrected chi connectivity index (χ1v) is 10.8. The fraction of sp³-hybridized carbons (Fsp3) is 0.696. The Labute approximate surface area is 164 Å². The first-order valence-electron chi connectivity index (χ1n) is 10.8. The van der Waals surface area contributed by atoms with Crippen LogP contribution in [0.15, 0.2) is 18.2 Å². The van der Waals surface area contributed by atoms with Gasteiger partial charge in [-0.2, -0.15) is 0 Å². The molecule has 0 aliphatic heterocycles. The number of aryl methyl sites for hydroxylation is 1. The number of benzene rings is 1. The van der Waals surface area contributed by atoms with Gasteiger partial charge in [0.2, 0.25) is 0 Å². The molecule has 1 rings (SSSR count). The standard InChI is InChI=1S/C23H38O4/c1-2-3-4-5-6-7-8-9-10-11-12-13-14-15-20-16-21(24)18-22(17-20)27-19-23(25)26/h16-18,24H,2-15,19H2,1H3,(H,25,26). The van der Waals surface area contributed by atoms with Crippen LogP contribution < -0.4 is 4.74 Å². The van der Waals surface area contributed by atoms with Crippen LogP contribution in [-0.4, -0.2) is 22.8 Å². The highest BCUT2D eigenvalue weighted by Gasteiger charge is 2.04.